The number of amides is 2. The lowest BCUT2D eigenvalue weighted by Gasteiger charge is -2.38. The maximum Gasteiger partial charge on any atom is 0.416 e. The average molecular weight is 574 g/mol. The summed E-state index contributed by atoms with van der Waals surface area (Å²) in [5, 5.41) is 5.69. The fourth-order valence-electron chi connectivity index (χ4n) is 5.42. The molecule has 4 rings (SSSR count). The van der Waals surface area contributed by atoms with Crippen LogP contribution >= 0.6 is 0 Å². The number of carbonyl (C=O) groups excluding carboxylic acids is 3. The number of halogens is 3. The Morgan fingerprint density at radius 2 is 1.63 bits per heavy atom. The van der Waals surface area contributed by atoms with Crippen molar-refractivity contribution in [3.8, 4) is 0 Å². The van der Waals surface area contributed by atoms with Crippen LogP contribution in [-0.2, 0) is 11.0 Å². The summed E-state index contributed by atoms with van der Waals surface area (Å²) in [5.74, 6) is -0.873. The third-order valence-electron chi connectivity index (χ3n) is 7.84. The molecule has 11 heteroatoms. The highest BCUT2D eigenvalue weighted by Crippen LogP contribution is 2.29. The molecular formula is C30H38F3N5O3. The molecule has 0 aliphatic carbocycles. The van der Waals surface area contributed by atoms with Crippen LogP contribution in [0.15, 0.2) is 54.6 Å². The van der Waals surface area contributed by atoms with Crippen LogP contribution in [0, 0.1) is 0 Å². The van der Waals surface area contributed by atoms with Gasteiger partial charge in [-0.3, -0.25) is 24.2 Å². The lowest BCUT2D eigenvalue weighted by atomic mass is 10.1. The second-order valence-corrected chi connectivity index (χ2v) is 10.7. The molecule has 0 saturated carbocycles. The van der Waals surface area contributed by atoms with Crippen molar-refractivity contribution in [2.45, 2.75) is 38.0 Å². The summed E-state index contributed by atoms with van der Waals surface area (Å²) in [6.45, 7) is 7.76. The Hall–Kier alpha value is -3.28. The Balaban J connectivity index is 1.15. The third kappa shape index (κ3) is 8.61. The van der Waals surface area contributed by atoms with Crippen molar-refractivity contribution in [1.82, 2.24) is 25.3 Å². The molecule has 2 N–H and O–H groups in total. The van der Waals surface area contributed by atoms with Crippen LogP contribution in [0.4, 0.5) is 13.2 Å². The molecule has 2 heterocycles. The number of piperazine rings is 1. The van der Waals surface area contributed by atoms with Crippen LogP contribution in [0.2, 0.25) is 0 Å². The first-order valence-corrected chi connectivity index (χ1v) is 14.1. The van der Waals surface area contributed by atoms with Crippen molar-refractivity contribution in [1.29, 1.82) is 0 Å². The molecule has 2 aromatic carbocycles. The van der Waals surface area contributed by atoms with Gasteiger partial charge in [0, 0.05) is 69.0 Å². The second kappa shape index (κ2) is 14.1. The quantitative estimate of drug-likeness (QED) is 0.430. The predicted molar refractivity (Wildman–Crippen MR) is 150 cm³/mol. The highest BCUT2D eigenvalue weighted by atomic mass is 19.4. The number of hydrogen-bond acceptors (Lipinski definition) is 6. The van der Waals surface area contributed by atoms with E-state index in [1.807, 2.05) is 35.2 Å². The van der Waals surface area contributed by atoms with Gasteiger partial charge in [0.15, 0.2) is 5.78 Å². The highest BCUT2D eigenvalue weighted by molar-refractivity contribution is 5.97. The van der Waals surface area contributed by atoms with E-state index in [2.05, 4.69) is 27.4 Å². The maximum atomic E-state index is 12.9. The highest BCUT2D eigenvalue weighted by Gasteiger charge is 2.32. The van der Waals surface area contributed by atoms with Crippen molar-refractivity contribution < 1.29 is 27.6 Å². The van der Waals surface area contributed by atoms with Gasteiger partial charge in [-0.1, -0.05) is 31.2 Å². The molecule has 2 saturated heterocycles. The van der Waals surface area contributed by atoms with Gasteiger partial charge in [-0.25, -0.2) is 0 Å². The van der Waals surface area contributed by atoms with E-state index in [-0.39, 0.29) is 36.4 Å². The number of benzene rings is 2. The van der Waals surface area contributed by atoms with Crippen molar-refractivity contribution in [3.05, 3.63) is 71.3 Å². The Morgan fingerprint density at radius 1 is 0.927 bits per heavy atom. The zero-order valence-corrected chi connectivity index (χ0v) is 23.3. The van der Waals surface area contributed by atoms with Crippen molar-refractivity contribution >= 4 is 17.6 Å². The number of hydrogen-bond donors (Lipinski definition) is 2. The summed E-state index contributed by atoms with van der Waals surface area (Å²) in [6.07, 6.45) is -2.64. The van der Waals surface area contributed by atoms with E-state index in [9.17, 15) is 27.6 Å². The van der Waals surface area contributed by atoms with Crippen molar-refractivity contribution in [3.63, 3.8) is 0 Å². The van der Waals surface area contributed by atoms with Gasteiger partial charge in [0.05, 0.1) is 18.7 Å². The maximum absolute atomic E-state index is 12.9. The molecular weight excluding hydrogens is 535 g/mol. The largest absolute Gasteiger partial charge is 0.416 e. The number of carbonyl (C=O) groups is 3. The molecule has 2 atom stereocenters. The van der Waals surface area contributed by atoms with Crippen LogP contribution in [0.3, 0.4) is 0 Å². The van der Waals surface area contributed by atoms with E-state index in [0.717, 1.165) is 63.3 Å². The van der Waals surface area contributed by atoms with Gasteiger partial charge in [-0.15, -0.1) is 0 Å². The molecule has 2 amide bonds. The standard InChI is InChI=1S/C30H38F3N5O3/c1-2-26(21-36-13-15-37(16-14-36)29(41)22-7-4-3-5-8-22)38-12-11-25(20-38)34-18-27(39)19-35-28(40)23-9-6-10-24(17-23)30(31,32)33/h3-10,17,25-26,34H,2,11-16,18-21H2,1H3,(H,35,40)/t25-,26?/m1/s1. The smallest absolute Gasteiger partial charge is 0.345 e. The number of nitrogens with one attached hydrogen (secondary N) is 2. The monoisotopic (exact) mass is 573 g/mol. The first-order chi connectivity index (χ1) is 19.6. The molecule has 2 aliphatic rings. The number of alkyl halides is 3. The summed E-state index contributed by atoms with van der Waals surface area (Å²) >= 11 is 0. The second-order valence-electron chi connectivity index (χ2n) is 10.7. The number of ketones is 1. The lowest BCUT2D eigenvalue weighted by molar-refractivity contribution is -0.137. The number of nitrogens with zero attached hydrogens (tertiary/aromatic N) is 3. The van der Waals surface area contributed by atoms with Crippen LogP contribution in [0.5, 0.6) is 0 Å². The SMILES string of the molecule is CCC(CN1CCN(C(=O)c2ccccc2)CC1)N1CC[C@@H](NCC(=O)CNC(=O)c2cccc(C(F)(F)F)c2)C1. The number of Topliss-reactive ketones (excluding diaryl/α,β-unsaturated/α-hetero) is 1. The summed E-state index contributed by atoms with van der Waals surface area (Å²) in [5.41, 5.74) is -0.323. The normalized spacial score (nSPS) is 19.2. The van der Waals surface area contributed by atoms with Gasteiger partial charge in [0.25, 0.3) is 11.8 Å². The van der Waals surface area contributed by atoms with Crippen LogP contribution < -0.4 is 10.6 Å². The van der Waals surface area contributed by atoms with E-state index in [0.29, 0.717) is 19.1 Å². The molecule has 2 aliphatic heterocycles. The van der Waals surface area contributed by atoms with E-state index in [1.54, 1.807) is 0 Å². The molecule has 1 unspecified atom stereocenters. The topological polar surface area (TPSA) is 85.0 Å². The fourth-order valence-corrected chi connectivity index (χ4v) is 5.42. The van der Waals surface area contributed by atoms with Crippen LogP contribution in [-0.4, -0.2) is 103 Å². The molecule has 2 fully saturated rings. The zero-order valence-electron chi connectivity index (χ0n) is 23.3. The Labute approximate surface area is 238 Å². The van der Waals surface area contributed by atoms with E-state index in [4.69, 9.17) is 0 Å². The lowest BCUT2D eigenvalue weighted by Crippen LogP contribution is -2.52. The first-order valence-electron chi connectivity index (χ1n) is 14.1. The fraction of sp³-hybridized carbons (Fsp3) is 0.500. The van der Waals surface area contributed by atoms with Gasteiger partial charge >= 0.3 is 6.18 Å². The van der Waals surface area contributed by atoms with Crippen molar-refractivity contribution in [2.24, 2.45) is 0 Å². The summed E-state index contributed by atoms with van der Waals surface area (Å²) < 4.78 is 38.7. The molecule has 2 aromatic rings. The molecule has 0 radical (unpaired) electrons. The minimum Gasteiger partial charge on any atom is -0.345 e. The molecule has 0 aromatic heterocycles. The summed E-state index contributed by atoms with van der Waals surface area (Å²) in [4.78, 5) is 44.1. The van der Waals surface area contributed by atoms with Gasteiger partial charge < -0.3 is 15.5 Å². The number of likely N-dealkylation sites (tertiary alicyclic amines) is 1. The Kier molecular flexibility index (Phi) is 10.5. The van der Waals surface area contributed by atoms with Crippen LogP contribution in [0.1, 0.15) is 46.0 Å². The minimum absolute atomic E-state index is 0.0789. The van der Waals surface area contributed by atoms with Crippen molar-refractivity contribution in [2.75, 3.05) is 58.9 Å². The average Bonchev–Trinajstić information content (AvgIpc) is 3.46. The summed E-state index contributed by atoms with van der Waals surface area (Å²) in [6, 6.07) is 14.0. The molecule has 8 nitrogen and oxygen atoms in total. The Morgan fingerprint density at radius 3 is 2.32 bits per heavy atom. The predicted octanol–water partition coefficient (Wildman–Crippen LogP) is 2.90. The Bertz CT molecular complexity index is 1190. The third-order valence-corrected chi connectivity index (χ3v) is 7.84. The van der Waals surface area contributed by atoms with E-state index < -0.39 is 17.6 Å². The molecule has 41 heavy (non-hydrogen) atoms. The minimum atomic E-state index is -4.54. The molecule has 0 bridgehead atoms. The van der Waals surface area contributed by atoms with E-state index in [1.165, 1.54) is 12.1 Å². The van der Waals surface area contributed by atoms with E-state index >= 15 is 0 Å². The molecule has 0 spiro atoms. The zero-order chi connectivity index (χ0) is 29.4. The van der Waals surface area contributed by atoms with Gasteiger partial charge in [-0.2, -0.15) is 13.2 Å². The van der Waals surface area contributed by atoms with Gasteiger partial charge in [0.1, 0.15) is 0 Å². The molecule has 222 valence electrons. The van der Waals surface area contributed by atoms with Crippen LogP contribution in [0.25, 0.3) is 0 Å². The van der Waals surface area contributed by atoms with Gasteiger partial charge in [0.2, 0.25) is 0 Å². The first kappa shape index (κ1) is 30.7. The van der Waals surface area contributed by atoms with Gasteiger partial charge in [-0.05, 0) is 43.2 Å². The summed E-state index contributed by atoms with van der Waals surface area (Å²) in [7, 11) is 0. The number of rotatable bonds is 11.